The molecule has 24 heavy (non-hydrogen) atoms. The van der Waals surface area contributed by atoms with Gasteiger partial charge in [0.15, 0.2) is 6.10 Å². The van der Waals surface area contributed by atoms with Gasteiger partial charge in [-0.25, -0.2) is 0 Å². The zero-order chi connectivity index (χ0) is 16.8. The quantitative estimate of drug-likeness (QED) is 0.884. The Morgan fingerprint density at radius 2 is 2.08 bits per heavy atom. The van der Waals surface area contributed by atoms with Crippen LogP contribution in [0.1, 0.15) is 37.0 Å². The molecule has 1 aromatic rings. The van der Waals surface area contributed by atoms with Gasteiger partial charge in [0.05, 0.1) is 5.69 Å². The molecule has 2 aliphatic heterocycles. The van der Waals surface area contributed by atoms with Crippen molar-refractivity contribution in [3.05, 3.63) is 23.8 Å². The predicted octanol–water partition coefficient (Wildman–Crippen LogP) is 1.62. The number of ether oxygens (including phenoxy) is 1. The topological polar surface area (TPSA) is 70.7 Å². The van der Waals surface area contributed by atoms with Crippen molar-refractivity contribution in [3.8, 4) is 5.75 Å². The van der Waals surface area contributed by atoms with E-state index in [1.165, 1.54) is 12.8 Å². The van der Waals surface area contributed by atoms with E-state index < -0.39 is 6.10 Å². The van der Waals surface area contributed by atoms with Gasteiger partial charge < -0.3 is 15.4 Å². The standard InChI is InChI=1S/C18H23N3O3/c1-10-8-21(13-4-5-13)9-15(10)20-18(23)12-3-6-16-14(7-12)19-17(22)11(2)24-16/h3,6-7,10-11,13,15H,4-5,8-9H2,1-2H3,(H,19,22)(H,20,23)/t10-,11?,15-/m1/s1. The van der Waals surface area contributed by atoms with Crippen LogP contribution < -0.4 is 15.4 Å². The van der Waals surface area contributed by atoms with Gasteiger partial charge in [0.25, 0.3) is 11.8 Å². The molecule has 4 rings (SSSR count). The van der Waals surface area contributed by atoms with E-state index >= 15 is 0 Å². The highest BCUT2D eigenvalue weighted by Crippen LogP contribution is 2.32. The summed E-state index contributed by atoms with van der Waals surface area (Å²) in [5, 5.41) is 5.94. The number of likely N-dealkylation sites (tertiary alicyclic amines) is 1. The molecular formula is C18H23N3O3. The minimum Gasteiger partial charge on any atom is -0.479 e. The Morgan fingerprint density at radius 3 is 2.83 bits per heavy atom. The normalized spacial score (nSPS) is 29.6. The van der Waals surface area contributed by atoms with Crippen molar-refractivity contribution >= 4 is 17.5 Å². The number of fused-ring (bicyclic) bond motifs is 1. The highest BCUT2D eigenvalue weighted by Gasteiger charge is 2.38. The minimum absolute atomic E-state index is 0.0971. The van der Waals surface area contributed by atoms with Crippen LogP contribution in [0.2, 0.25) is 0 Å². The Labute approximate surface area is 141 Å². The number of amides is 2. The second-order valence-electron chi connectivity index (χ2n) is 7.20. The predicted molar refractivity (Wildman–Crippen MR) is 90.2 cm³/mol. The summed E-state index contributed by atoms with van der Waals surface area (Å²) in [5.41, 5.74) is 1.11. The summed E-state index contributed by atoms with van der Waals surface area (Å²) in [5.74, 6) is 0.772. The van der Waals surface area contributed by atoms with Crippen LogP contribution >= 0.6 is 0 Å². The molecule has 0 spiro atoms. The molecule has 3 aliphatic rings. The summed E-state index contributed by atoms with van der Waals surface area (Å²) in [7, 11) is 0. The molecule has 2 fully saturated rings. The van der Waals surface area contributed by atoms with E-state index in [1.54, 1.807) is 25.1 Å². The van der Waals surface area contributed by atoms with Crippen molar-refractivity contribution in [2.75, 3.05) is 18.4 Å². The zero-order valence-electron chi connectivity index (χ0n) is 14.0. The summed E-state index contributed by atoms with van der Waals surface area (Å²) in [6.45, 7) is 5.88. The van der Waals surface area contributed by atoms with Crippen LogP contribution in [0.15, 0.2) is 18.2 Å². The van der Waals surface area contributed by atoms with Gasteiger partial charge in [0.2, 0.25) is 0 Å². The van der Waals surface area contributed by atoms with E-state index in [4.69, 9.17) is 4.74 Å². The van der Waals surface area contributed by atoms with Crippen LogP contribution in [0.4, 0.5) is 5.69 Å². The van der Waals surface area contributed by atoms with E-state index in [-0.39, 0.29) is 17.9 Å². The van der Waals surface area contributed by atoms with Crippen LogP contribution in [0.3, 0.4) is 0 Å². The smallest absolute Gasteiger partial charge is 0.265 e. The Kier molecular flexibility index (Phi) is 3.72. The minimum atomic E-state index is -0.509. The number of hydrogen-bond donors (Lipinski definition) is 2. The lowest BCUT2D eigenvalue weighted by atomic mass is 10.1. The maximum atomic E-state index is 12.6. The van der Waals surface area contributed by atoms with Crippen LogP contribution in [0, 0.1) is 5.92 Å². The maximum absolute atomic E-state index is 12.6. The highest BCUT2D eigenvalue weighted by atomic mass is 16.5. The Bertz CT molecular complexity index is 686. The number of hydrogen-bond acceptors (Lipinski definition) is 4. The van der Waals surface area contributed by atoms with Crippen LogP contribution in [0.25, 0.3) is 0 Å². The SMILES string of the molecule is CC1Oc2ccc(C(=O)N[C@@H]3CN(C4CC4)C[C@H]3C)cc2NC1=O. The van der Waals surface area contributed by atoms with Crippen molar-refractivity contribution in [2.24, 2.45) is 5.92 Å². The second kappa shape index (κ2) is 5.77. The lowest BCUT2D eigenvalue weighted by Crippen LogP contribution is -2.40. The molecule has 2 N–H and O–H groups in total. The molecule has 1 unspecified atom stereocenters. The summed E-state index contributed by atoms with van der Waals surface area (Å²) in [4.78, 5) is 26.8. The van der Waals surface area contributed by atoms with E-state index in [0.29, 0.717) is 22.9 Å². The van der Waals surface area contributed by atoms with Gasteiger partial charge in [-0.15, -0.1) is 0 Å². The number of benzene rings is 1. The van der Waals surface area contributed by atoms with Crippen molar-refractivity contribution in [2.45, 2.75) is 44.9 Å². The van der Waals surface area contributed by atoms with Crippen molar-refractivity contribution in [3.63, 3.8) is 0 Å². The van der Waals surface area contributed by atoms with Gasteiger partial charge in [-0.1, -0.05) is 6.92 Å². The van der Waals surface area contributed by atoms with Gasteiger partial charge in [-0.3, -0.25) is 14.5 Å². The Balaban J connectivity index is 1.45. The van der Waals surface area contributed by atoms with Crippen molar-refractivity contribution in [1.82, 2.24) is 10.2 Å². The molecule has 1 aliphatic carbocycles. The maximum Gasteiger partial charge on any atom is 0.265 e. The van der Waals surface area contributed by atoms with Crippen LogP contribution in [0.5, 0.6) is 5.75 Å². The third-order valence-electron chi connectivity index (χ3n) is 5.19. The van der Waals surface area contributed by atoms with E-state index in [9.17, 15) is 9.59 Å². The van der Waals surface area contributed by atoms with Crippen LogP contribution in [-0.2, 0) is 4.79 Å². The molecule has 1 saturated carbocycles. The van der Waals surface area contributed by atoms with Gasteiger partial charge in [0, 0.05) is 30.7 Å². The molecule has 2 heterocycles. The Morgan fingerprint density at radius 1 is 1.29 bits per heavy atom. The summed E-state index contributed by atoms with van der Waals surface area (Å²) in [6, 6.07) is 6.09. The largest absolute Gasteiger partial charge is 0.479 e. The molecule has 0 radical (unpaired) electrons. The molecular weight excluding hydrogens is 306 g/mol. The molecule has 6 nitrogen and oxygen atoms in total. The monoisotopic (exact) mass is 329 g/mol. The first-order valence-corrected chi connectivity index (χ1v) is 8.68. The molecule has 128 valence electrons. The third kappa shape index (κ3) is 2.86. The van der Waals surface area contributed by atoms with Gasteiger partial charge in [-0.05, 0) is 43.9 Å². The van der Waals surface area contributed by atoms with E-state index in [0.717, 1.165) is 19.1 Å². The van der Waals surface area contributed by atoms with Crippen molar-refractivity contribution < 1.29 is 14.3 Å². The van der Waals surface area contributed by atoms with Gasteiger partial charge in [-0.2, -0.15) is 0 Å². The summed E-state index contributed by atoms with van der Waals surface area (Å²) < 4.78 is 5.53. The fourth-order valence-electron chi connectivity index (χ4n) is 3.53. The number of nitrogens with zero attached hydrogens (tertiary/aromatic N) is 1. The molecule has 3 atom stereocenters. The first-order chi connectivity index (χ1) is 11.5. The summed E-state index contributed by atoms with van der Waals surface area (Å²) >= 11 is 0. The average Bonchev–Trinajstić information content (AvgIpc) is 3.33. The first kappa shape index (κ1) is 15.4. The number of rotatable bonds is 3. The fourth-order valence-corrected chi connectivity index (χ4v) is 3.53. The molecule has 1 saturated heterocycles. The molecule has 1 aromatic carbocycles. The van der Waals surface area contributed by atoms with E-state index in [2.05, 4.69) is 22.5 Å². The van der Waals surface area contributed by atoms with Crippen molar-refractivity contribution in [1.29, 1.82) is 0 Å². The zero-order valence-corrected chi connectivity index (χ0v) is 14.0. The molecule has 6 heteroatoms. The number of anilines is 1. The van der Waals surface area contributed by atoms with Gasteiger partial charge in [0.1, 0.15) is 5.75 Å². The lowest BCUT2D eigenvalue weighted by molar-refractivity contribution is -0.122. The van der Waals surface area contributed by atoms with Crippen LogP contribution in [-0.4, -0.2) is 48.0 Å². The summed E-state index contributed by atoms with van der Waals surface area (Å²) in [6.07, 6.45) is 2.07. The Hall–Kier alpha value is -2.08. The molecule has 0 aromatic heterocycles. The van der Waals surface area contributed by atoms with E-state index in [1.807, 2.05) is 0 Å². The molecule has 0 bridgehead atoms. The fraction of sp³-hybridized carbons (Fsp3) is 0.556. The number of carbonyl (C=O) groups is 2. The third-order valence-corrected chi connectivity index (χ3v) is 5.19. The first-order valence-electron chi connectivity index (χ1n) is 8.68. The average molecular weight is 329 g/mol. The number of carbonyl (C=O) groups excluding carboxylic acids is 2. The molecule has 2 amide bonds. The second-order valence-corrected chi connectivity index (χ2v) is 7.20. The highest BCUT2D eigenvalue weighted by molar-refractivity contribution is 6.01. The lowest BCUT2D eigenvalue weighted by Gasteiger charge is -2.24. The van der Waals surface area contributed by atoms with Gasteiger partial charge >= 0.3 is 0 Å². The number of nitrogens with one attached hydrogen (secondary N) is 2.